The van der Waals surface area contributed by atoms with Crippen LogP contribution in [0.5, 0.6) is 0 Å². The highest BCUT2D eigenvalue weighted by molar-refractivity contribution is 7.55. The largest absolute Gasteiger partial charge is 0.403 e. The standard InChI is InChI=1S/C19H33F2O4PSi/c1-9-23-26(22,24-10-2)19(20,21)17(16-14-12-11-13-15(16)3)25-27(7,8)18(4,5)6/h11-14,17H,9-10H2,1-8H3. The minimum Gasteiger partial charge on any atom is -0.403 e. The average molecular weight is 423 g/mol. The van der Waals surface area contributed by atoms with E-state index in [-0.39, 0.29) is 18.3 Å². The number of hydrogen-bond donors (Lipinski definition) is 0. The maximum atomic E-state index is 15.7. The second kappa shape index (κ2) is 8.83. The van der Waals surface area contributed by atoms with Crippen LogP contribution < -0.4 is 0 Å². The molecule has 1 unspecified atom stereocenters. The van der Waals surface area contributed by atoms with Crippen LogP contribution in [0.15, 0.2) is 24.3 Å². The molecule has 0 aromatic heterocycles. The summed E-state index contributed by atoms with van der Waals surface area (Å²) in [6, 6.07) is 6.76. The average Bonchev–Trinajstić information content (AvgIpc) is 2.52. The van der Waals surface area contributed by atoms with Crippen LogP contribution in [0.25, 0.3) is 0 Å². The Labute approximate surface area is 163 Å². The zero-order chi connectivity index (χ0) is 21.1. The van der Waals surface area contributed by atoms with Gasteiger partial charge in [-0.25, -0.2) is 0 Å². The summed E-state index contributed by atoms with van der Waals surface area (Å²) in [4.78, 5) is 0. The van der Waals surface area contributed by atoms with Crippen molar-refractivity contribution in [1.82, 2.24) is 0 Å². The first-order valence-electron chi connectivity index (χ1n) is 9.24. The van der Waals surface area contributed by atoms with Crippen LogP contribution in [0, 0.1) is 6.92 Å². The van der Waals surface area contributed by atoms with Gasteiger partial charge in [-0.1, -0.05) is 45.0 Å². The van der Waals surface area contributed by atoms with E-state index in [0.717, 1.165) is 0 Å². The third kappa shape index (κ3) is 5.27. The minimum absolute atomic E-state index is 0.145. The Morgan fingerprint density at radius 2 is 1.56 bits per heavy atom. The maximum absolute atomic E-state index is 15.7. The molecule has 0 saturated carbocycles. The highest BCUT2D eigenvalue weighted by Gasteiger charge is 2.61. The Bertz CT molecular complexity index is 664. The van der Waals surface area contributed by atoms with Crippen LogP contribution in [0.4, 0.5) is 8.78 Å². The molecule has 0 bridgehead atoms. The van der Waals surface area contributed by atoms with Crippen LogP contribution >= 0.6 is 7.60 Å². The molecule has 1 aromatic carbocycles. The van der Waals surface area contributed by atoms with Crippen molar-refractivity contribution in [3.8, 4) is 0 Å². The Morgan fingerprint density at radius 3 is 1.96 bits per heavy atom. The van der Waals surface area contributed by atoms with Gasteiger partial charge >= 0.3 is 13.3 Å². The smallest absolute Gasteiger partial charge is 0.402 e. The number of aryl methyl sites for hydroxylation is 1. The lowest BCUT2D eigenvalue weighted by Gasteiger charge is -2.42. The second-order valence-electron chi connectivity index (χ2n) is 8.04. The first-order valence-corrected chi connectivity index (χ1v) is 13.7. The monoisotopic (exact) mass is 422 g/mol. The Balaban J connectivity index is 3.58. The summed E-state index contributed by atoms with van der Waals surface area (Å²) in [6.07, 6.45) is -1.72. The number of alkyl halides is 2. The molecule has 0 N–H and O–H groups in total. The van der Waals surface area contributed by atoms with E-state index in [1.807, 2.05) is 33.9 Å². The zero-order valence-corrected chi connectivity index (χ0v) is 19.5. The Morgan fingerprint density at radius 1 is 1.07 bits per heavy atom. The Kier molecular flexibility index (Phi) is 7.99. The van der Waals surface area contributed by atoms with Crippen LogP contribution in [0.3, 0.4) is 0 Å². The van der Waals surface area contributed by atoms with E-state index in [4.69, 9.17) is 13.5 Å². The van der Waals surface area contributed by atoms with Crippen molar-refractivity contribution in [3.63, 3.8) is 0 Å². The van der Waals surface area contributed by atoms with E-state index in [1.165, 1.54) is 13.8 Å². The third-order valence-electron chi connectivity index (χ3n) is 4.97. The van der Waals surface area contributed by atoms with Crippen molar-refractivity contribution in [2.24, 2.45) is 0 Å². The van der Waals surface area contributed by atoms with Gasteiger partial charge in [-0.2, -0.15) is 8.78 Å². The second-order valence-corrected chi connectivity index (χ2v) is 14.9. The summed E-state index contributed by atoms with van der Waals surface area (Å²) in [5.41, 5.74) is -2.90. The molecule has 0 heterocycles. The normalized spacial score (nSPS) is 15.0. The van der Waals surface area contributed by atoms with Crippen molar-refractivity contribution in [2.75, 3.05) is 13.2 Å². The number of rotatable bonds is 9. The van der Waals surface area contributed by atoms with Gasteiger partial charge in [0, 0.05) is 0 Å². The molecule has 27 heavy (non-hydrogen) atoms. The number of benzene rings is 1. The predicted octanol–water partition coefficient (Wildman–Crippen LogP) is 6.92. The van der Waals surface area contributed by atoms with Gasteiger partial charge in [0.05, 0.1) is 13.2 Å². The highest BCUT2D eigenvalue weighted by Crippen LogP contribution is 2.67. The molecule has 0 aliphatic carbocycles. The van der Waals surface area contributed by atoms with Gasteiger partial charge in [0.1, 0.15) is 6.10 Å². The molecule has 1 atom stereocenters. The summed E-state index contributed by atoms with van der Waals surface area (Å²) in [7, 11) is -7.36. The zero-order valence-electron chi connectivity index (χ0n) is 17.6. The third-order valence-corrected chi connectivity index (χ3v) is 11.6. The highest BCUT2D eigenvalue weighted by atomic mass is 31.2. The summed E-state index contributed by atoms with van der Waals surface area (Å²) in [6.45, 7) is 14.2. The van der Waals surface area contributed by atoms with E-state index in [9.17, 15) is 4.57 Å². The predicted molar refractivity (Wildman–Crippen MR) is 108 cm³/mol. The van der Waals surface area contributed by atoms with E-state index in [1.54, 1.807) is 31.2 Å². The summed E-state index contributed by atoms with van der Waals surface area (Å²) in [5, 5.41) is -0.300. The maximum Gasteiger partial charge on any atom is 0.402 e. The summed E-state index contributed by atoms with van der Waals surface area (Å²) < 4.78 is 60.5. The van der Waals surface area contributed by atoms with Gasteiger partial charge in [0.15, 0.2) is 8.32 Å². The van der Waals surface area contributed by atoms with Gasteiger partial charge in [-0.3, -0.25) is 4.57 Å². The SMILES string of the molecule is CCOP(=O)(OCC)C(F)(F)C(O[Si](C)(C)C(C)(C)C)c1ccccc1C. The van der Waals surface area contributed by atoms with Gasteiger partial charge < -0.3 is 13.5 Å². The van der Waals surface area contributed by atoms with Crippen molar-refractivity contribution in [3.05, 3.63) is 35.4 Å². The number of halogens is 2. The molecular formula is C19H33F2O4PSi. The molecule has 8 heteroatoms. The number of hydrogen-bond acceptors (Lipinski definition) is 4. The van der Waals surface area contributed by atoms with Crippen molar-refractivity contribution < 1.29 is 26.8 Å². The quantitative estimate of drug-likeness (QED) is 0.320. The van der Waals surface area contributed by atoms with Crippen LogP contribution in [0.1, 0.15) is 51.8 Å². The van der Waals surface area contributed by atoms with Crippen molar-refractivity contribution in [2.45, 2.75) is 71.4 Å². The fraction of sp³-hybridized carbons (Fsp3) is 0.684. The fourth-order valence-electron chi connectivity index (χ4n) is 2.37. The minimum atomic E-state index is -4.74. The van der Waals surface area contributed by atoms with Crippen molar-refractivity contribution >= 4 is 15.9 Å². The molecular weight excluding hydrogens is 389 g/mol. The van der Waals surface area contributed by atoms with E-state index < -0.39 is 27.7 Å². The van der Waals surface area contributed by atoms with Gasteiger partial charge in [0.2, 0.25) is 0 Å². The van der Waals surface area contributed by atoms with Gasteiger partial charge in [-0.05, 0) is 50.0 Å². The molecule has 1 aromatic rings. The van der Waals surface area contributed by atoms with Crippen LogP contribution in [-0.2, 0) is 18.0 Å². The van der Waals surface area contributed by atoms with Gasteiger partial charge in [-0.15, -0.1) is 0 Å². The molecule has 156 valence electrons. The first-order chi connectivity index (χ1) is 12.2. The fourth-order valence-corrected chi connectivity index (χ4v) is 5.26. The molecule has 0 fully saturated rings. The van der Waals surface area contributed by atoms with Crippen molar-refractivity contribution in [1.29, 1.82) is 0 Å². The summed E-state index contributed by atoms with van der Waals surface area (Å²) in [5.74, 6) is 0. The molecule has 0 spiro atoms. The molecule has 0 saturated heterocycles. The molecule has 0 amide bonds. The van der Waals surface area contributed by atoms with E-state index in [0.29, 0.717) is 11.1 Å². The lowest BCUT2D eigenvalue weighted by atomic mass is 10.0. The molecule has 0 radical (unpaired) electrons. The molecule has 0 aliphatic rings. The van der Waals surface area contributed by atoms with E-state index >= 15 is 8.78 Å². The topological polar surface area (TPSA) is 44.8 Å². The van der Waals surface area contributed by atoms with E-state index in [2.05, 4.69) is 0 Å². The van der Waals surface area contributed by atoms with Gasteiger partial charge in [0.25, 0.3) is 0 Å². The Hall–Kier alpha value is -0.593. The lowest BCUT2D eigenvalue weighted by Crippen LogP contribution is -2.46. The molecule has 1 rings (SSSR count). The van der Waals surface area contributed by atoms with Crippen LogP contribution in [-0.4, -0.2) is 27.2 Å². The van der Waals surface area contributed by atoms with Crippen LogP contribution in [0.2, 0.25) is 18.1 Å². The summed E-state index contributed by atoms with van der Waals surface area (Å²) >= 11 is 0. The molecule has 4 nitrogen and oxygen atoms in total. The lowest BCUT2D eigenvalue weighted by molar-refractivity contribution is -0.0611. The molecule has 0 aliphatic heterocycles. The first kappa shape index (κ1) is 24.4.